The van der Waals surface area contributed by atoms with Gasteiger partial charge in [-0.25, -0.2) is 4.98 Å². The fraction of sp³-hybridized carbons (Fsp3) is 0.200. The van der Waals surface area contributed by atoms with Crippen molar-refractivity contribution in [3.05, 3.63) is 77.9 Å². The third-order valence-corrected chi connectivity index (χ3v) is 6.41. The first kappa shape index (κ1) is 20.3. The number of para-hydroxylation sites is 2. The monoisotopic (exact) mass is 446 g/mol. The second-order valence-corrected chi connectivity index (χ2v) is 8.81. The van der Waals surface area contributed by atoms with Gasteiger partial charge in [0.15, 0.2) is 22.2 Å². The van der Waals surface area contributed by atoms with Crippen LogP contribution in [0.25, 0.3) is 21.2 Å². The van der Waals surface area contributed by atoms with Gasteiger partial charge in [0.1, 0.15) is 5.76 Å². The number of fused-ring (bicyclic) bond motifs is 2. The lowest BCUT2D eigenvalue weighted by Crippen LogP contribution is -2.29. The van der Waals surface area contributed by atoms with Gasteiger partial charge in [-0.05, 0) is 41.8 Å². The van der Waals surface area contributed by atoms with Crippen molar-refractivity contribution in [2.45, 2.75) is 26.3 Å². The second-order valence-electron chi connectivity index (χ2n) is 7.81. The maximum absolute atomic E-state index is 13.7. The van der Waals surface area contributed by atoms with Crippen LogP contribution < -0.4 is 9.64 Å². The minimum atomic E-state index is -0.287. The molecule has 0 aliphatic carbocycles. The second kappa shape index (κ2) is 8.16. The van der Waals surface area contributed by atoms with Crippen LogP contribution in [-0.4, -0.2) is 18.0 Å². The molecule has 1 amide bonds. The molecule has 3 aromatic heterocycles. The zero-order valence-corrected chi connectivity index (χ0v) is 18.8. The van der Waals surface area contributed by atoms with Crippen LogP contribution in [0.5, 0.6) is 5.75 Å². The molecular weight excluding hydrogens is 424 g/mol. The van der Waals surface area contributed by atoms with Crippen LogP contribution in [0.1, 0.15) is 41.6 Å². The quantitative estimate of drug-likeness (QED) is 0.293. The number of carbonyl (C=O) groups excluding carboxylic acids is 1. The van der Waals surface area contributed by atoms with Crippen LogP contribution in [-0.2, 0) is 6.54 Å². The summed E-state index contributed by atoms with van der Waals surface area (Å²) in [6.07, 6.45) is 1.60. The van der Waals surface area contributed by atoms with E-state index in [0.717, 1.165) is 21.2 Å². The van der Waals surface area contributed by atoms with E-state index in [1.807, 2.05) is 36.4 Å². The summed E-state index contributed by atoms with van der Waals surface area (Å²) in [5, 5.41) is 1.40. The number of aromatic nitrogens is 1. The number of hydrogen-bond acceptors (Lipinski definition) is 6. The molecule has 5 aromatic rings. The van der Waals surface area contributed by atoms with Crippen LogP contribution in [0.4, 0.5) is 5.13 Å². The number of ether oxygens (including phenoxy) is 1. The van der Waals surface area contributed by atoms with E-state index in [0.29, 0.717) is 28.1 Å². The van der Waals surface area contributed by atoms with Crippen molar-refractivity contribution in [2.24, 2.45) is 0 Å². The molecular formula is C25H22N2O4S. The van der Waals surface area contributed by atoms with Crippen molar-refractivity contribution in [3.63, 3.8) is 0 Å². The minimum absolute atomic E-state index is 0.222. The van der Waals surface area contributed by atoms with Gasteiger partial charge in [-0.2, -0.15) is 0 Å². The maximum atomic E-state index is 13.7. The Morgan fingerprint density at radius 1 is 1.16 bits per heavy atom. The van der Waals surface area contributed by atoms with Crippen LogP contribution in [0.3, 0.4) is 0 Å². The number of amides is 1. The Hall–Kier alpha value is -3.58. The van der Waals surface area contributed by atoms with E-state index in [2.05, 4.69) is 19.9 Å². The lowest BCUT2D eigenvalue weighted by molar-refractivity contribution is 0.0958. The Balaban J connectivity index is 1.61. The molecule has 0 fully saturated rings. The third-order valence-electron chi connectivity index (χ3n) is 5.37. The van der Waals surface area contributed by atoms with Gasteiger partial charge in [0.2, 0.25) is 0 Å². The molecule has 0 saturated carbocycles. The number of methoxy groups -OCH3 is 1. The first-order valence-corrected chi connectivity index (χ1v) is 11.2. The summed E-state index contributed by atoms with van der Waals surface area (Å²) in [5.74, 6) is 1.51. The fourth-order valence-corrected chi connectivity index (χ4v) is 4.76. The number of rotatable bonds is 6. The number of furan rings is 2. The molecule has 32 heavy (non-hydrogen) atoms. The summed E-state index contributed by atoms with van der Waals surface area (Å²) >= 11 is 1.48. The number of carbonyl (C=O) groups is 1. The van der Waals surface area contributed by atoms with Crippen LogP contribution in [0.15, 0.2) is 69.7 Å². The largest absolute Gasteiger partial charge is 0.493 e. The van der Waals surface area contributed by atoms with Gasteiger partial charge in [-0.15, -0.1) is 0 Å². The first-order chi connectivity index (χ1) is 15.5. The molecule has 0 spiro atoms. The molecule has 6 nitrogen and oxygen atoms in total. The molecule has 0 aliphatic heterocycles. The predicted molar refractivity (Wildman–Crippen MR) is 126 cm³/mol. The Kier molecular flexibility index (Phi) is 5.19. The standard InChI is InChI=1S/C25H22N2O4S/c1-15(2)18-9-5-11-21-22(18)26-25(32-21)27(14-17-8-6-12-30-17)24(28)20-13-16-7-4-10-19(29-3)23(16)31-20/h4-13,15H,14H2,1-3H3. The summed E-state index contributed by atoms with van der Waals surface area (Å²) in [7, 11) is 1.58. The minimum Gasteiger partial charge on any atom is -0.493 e. The molecule has 0 bridgehead atoms. The zero-order valence-electron chi connectivity index (χ0n) is 18.0. The summed E-state index contributed by atoms with van der Waals surface area (Å²) in [5.41, 5.74) is 2.62. The number of hydrogen-bond donors (Lipinski definition) is 0. The molecule has 5 rings (SSSR count). The topological polar surface area (TPSA) is 68.7 Å². The highest BCUT2D eigenvalue weighted by Gasteiger charge is 2.26. The molecule has 0 aliphatic rings. The van der Waals surface area contributed by atoms with Crippen molar-refractivity contribution in [3.8, 4) is 5.75 Å². The van der Waals surface area contributed by atoms with Crippen LogP contribution in [0, 0.1) is 0 Å². The van der Waals surface area contributed by atoms with Crippen molar-refractivity contribution in [1.82, 2.24) is 4.98 Å². The van der Waals surface area contributed by atoms with Crippen molar-refractivity contribution < 1.29 is 18.4 Å². The third kappa shape index (κ3) is 3.54. The summed E-state index contributed by atoms with van der Waals surface area (Å²) < 4.78 is 17.9. The average Bonchev–Trinajstić information content (AvgIpc) is 3.54. The van der Waals surface area contributed by atoms with Gasteiger partial charge >= 0.3 is 0 Å². The van der Waals surface area contributed by atoms with Gasteiger partial charge in [-0.3, -0.25) is 9.69 Å². The van der Waals surface area contributed by atoms with E-state index < -0.39 is 0 Å². The SMILES string of the molecule is COc1cccc2cc(C(=O)N(Cc3ccco3)c3nc4c(C(C)C)cccc4s3)oc12. The van der Waals surface area contributed by atoms with Crippen molar-refractivity contribution in [1.29, 1.82) is 0 Å². The highest BCUT2D eigenvalue weighted by Crippen LogP contribution is 2.36. The van der Waals surface area contributed by atoms with Gasteiger partial charge in [0, 0.05) is 5.39 Å². The Labute approximate surface area is 189 Å². The van der Waals surface area contributed by atoms with Crippen LogP contribution in [0.2, 0.25) is 0 Å². The number of anilines is 1. The first-order valence-electron chi connectivity index (χ1n) is 10.4. The number of nitrogens with zero attached hydrogens (tertiary/aromatic N) is 2. The smallest absolute Gasteiger partial charge is 0.296 e. The molecule has 0 unspecified atom stereocenters. The molecule has 0 atom stereocenters. The highest BCUT2D eigenvalue weighted by atomic mass is 32.1. The highest BCUT2D eigenvalue weighted by molar-refractivity contribution is 7.22. The van der Waals surface area contributed by atoms with Gasteiger partial charge in [-0.1, -0.05) is 49.4 Å². The Morgan fingerprint density at radius 2 is 2.00 bits per heavy atom. The van der Waals surface area contributed by atoms with E-state index in [1.54, 1.807) is 30.4 Å². The fourth-order valence-electron chi connectivity index (χ4n) is 3.76. The molecule has 162 valence electrons. The molecule has 0 radical (unpaired) electrons. The molecule has 7 heteroatoms. The zero-order chi connectivity index (χ0) is 22.2. The average molecular weight is 447 g/mol. The molecule has 3 heterocycles. The lowest BCUT2D eigenvalue weighted by Gasteiger charge is -2.17. The Morgan fingerprint density at radius 3 is 2.75 bits per heavy atom. The molecule has 0 saturated heterocycles. The lowest BCUT2D eigenvalue weighted by atomic mass is 10.0. The summed E-state index contributed by atoms with van der Waals surface area (Å²) in [6.45, 7) is 4.53. The van der Waals surface area contributed by atoms with E-state index in [9.17, 15) is 4.79 Å². The number of benzene rings is 2. The van der Waals surface area contributed by atoms with E-state index >= 15 is 0 Å². The number of thiazole rings is 1. The van der Waals surface area contributed by atoms with Crippen molar-refractivity contribution >= 4 is 43.6 Å². The Bertz CT molecular complexity index is 1400. The summed E-state index contributed by atoms with van der Waals surface area (Å²) in [4.78, 5) is 20.1. The van der Waals surface area contributed by atoms with Gasteiger partial charge in [0.05, 0.1) is 30.1 Å². The van der Waals surface area contributed by atoms with E-state index in [4.69, 9.17) is 18.6 Å². The summed E-state index contributed by atoms with van der Waals surface area (Å²) in [6, 6.07) is 17.1. The van der Waals surface area contributed by atoms with E-state index in [1.165, 1.54) is 11.3 Å². The molecule has 0 N–H and O–H groups in total. The normalized spacial score (nSPS) is 11.5. The van der Waals surface area contributed by atoms with E-state index in [-0.39, 0.29) is 18.2 Å². The predicted octanol–water partition coefficient (Wildman–Crippen LogP) is 6.61. The van der Waals surface area contributed by atoms with Crippen molar-refractivity contribution in [2.75, 3.05) is 12.0 Å². The van der Waals surface area contributed by atoms with Gasteiger partial charge in [0.25, 0.3) is 5.91 Å². The molecule has 2 aromatic carbocycles. The van der Waals surface area contributed by atoms with Gasteiger partial charge < -0.3 is 13.6 Å². The maximum Gasteiger partial charge on any atom is 0.296 e. The van der Waals surface area contributed by atoms with Crippen LogP contribution >= 0.6 is 11.3 Å².